The number of hydrogen-bond donors (Lipinski definition) is 1. The van der Waals surface area contributed by atoms with Crippen molar-refractivity contribution in [2.45, 2.75) is 31.7 Å². The number of primary amides is 1. The molecule has 35 heavy (non-hydrogen) atoms. The second-order valence-corrected chi connectivity index (χ2v) is 10.8. The first kappa shape index (κ1) is 22.5. The Labute approximate surface area is 207 Å². The highest BCUT2D eigenvalue weighted by Crippen LogP contribution is 2.53. The van der Waals surface area contributed by atoms with Gasteiger partial charge in [-0.05, 0) is 61.3 Å². The van der Waals surface area contributed by atoms with Gasteiger partial charge in [0, 0.05) is 51.0 Å². The van der Waals surface area contributed by atoms with Gasteiger partial charge in [0.2, 0.25) is 5.88 Å². The maximum Gasteiger partial charge on any atom is 0.267 e. The number of fused-ring (bicyclic) bond motifs is 3. The second kappa shape index (κ2) is 8.90. The largest absolute Gasteiger partial charge is 0.497 e. The van der Waals surface area contributed by atoms with Crippen LogP contribution in [0.25, 0.3) is 0 Å². The Kier molecular flexibility index (Phi) is 5.71. The lowest BCUT2D eigenvalue weighted by Gasteiger charge is -2.54. The number of aromatic nitrogens is 1. The number of pyridine rings is 1. The summed E-state index contributed by atoms with van der Waals surface area (Å²) in [7, 11) is 1.73. The Hall–Kier alpha value is -3.00. The number of benzene rings is 1. The van der Waals surface area contributed by atoms with E-state index in [0.717, 1.165) is 50.1 Å². The number of methoxy groups -OCH3 is 1. The predicted molar refractivity (Wildman–Crippen MR) is 135 cm³/mol. The van der Waals surface area contributed by atoms with Crippen molar-refractivity contribution >= 4 is 17.3 Å². The number of ether oxygens (including phenoxy) is 2. The molecule has 1 spiro atoms. The molecular weight excluding hydrogens is 442 g/mol. The molecule has 4 heterocycles. The third-order valence-electron chi connectivity index (χ3n) is 8.58. The molecule has 2 aromatic rings. The van der Waals surface area contributed by atoms with E-state index < -0.39 is 5.91 Å². The Morgan fingerprint density at radius 2 is 2.00 bits per heavy atom. The van der Waals surface area contributed by atoms with Gasteiger partial charge < -0.3 is 25.0 Å². The van der Waals surface area contributed by atoms with E-state index in [2.05, 4.69) is 37.9 Å². The van der Waals surface area contributed by atoms with Crippen LogP contribution in [0, 0.1) is 11.3 Å². The van der Waals surface area contributed by atoms with E-state index in [0.29, 0.717) is 23.9 Å². The summed E-state index contributed by atoms with van der Waals surface area (Å²) in [4.78, 5) is 23.3. The number of nitrogens with two attached hydrogens (primary N) is 1. The molecule has 8 nitrogen and oxygen atoms in total. The van der Waals surface area contributed by atoms with E-state index in [-0.39, 0.29) is 5.69 Å². The van der Waals surface area contributed by atoms with Gasteiger partial charge in [-0.25, -0.2) is 4.98 Å². The van der Waals surface area contributed by atoms with Crippen molar-refractivity contribution < 1.29 is 14.3 Å². The van der Waals surface area contributed by atoms with Crippen LogP contribution in [-0.2, 0) is 0 Å². The monoisotopic (exact) mass is 477 g/mol. The van der Waals surface area contributed by atoms with Crippen molar-refractivity contribution in [3.8, 4) is 11.6 Å². The number of hydrogen-bond acceptors (Lipinski definition) is 7. The minimum Gasteiger partial charge on any atom is -0.497 e. The van der Waals surface area contributed by atoms with E-state index in [4.69, 9.17) is 15.2 Å². The number of amides is 1. The number of piperazine rings is 1. The van der Waals surface area contributed by atoms with E-state index in [1.54, 1.807) is 13.2 Å². The van der Waals surface area contributed by atoms with Crippen molar-refractivity contribution in [3.05, 3.63) is 42.1 Å². The number of anilines is 2. The molecule has 6 rings (SSSR count). The van der Waals surface area contributed by atoms with Crippen LogP contribution >= 0.6 is 0 Å². The first-order valence-electron chi connectivity index (χ1n) is 12.8. The van der Waals surface area contributed by atoms with Gasteiger partial charge in [0.1, 0.15) is 23.7 Å². The molecule has 3 aliphatic heterocycles. The van der Waals surface area contributed by atoms with Crippen molar-refractivity contribution in [1.29, 1.82) is 0 Å². The SMILES string of the molecule is COc1cccc(N2CCC3(CC2)CC(CN2CCN4c5ccc(C(N)=O)nc5OCC4C2)C3)c1. The lowest BCUT2D eigenvalue weighted by atomic mass is 9.57. The summed E-state index contributed by atoms with van der Waals surface area (Å²) in [5.74, 6) is 1.76. The molecule has 1 aromatic carbocycles. The molecule has 1 atom stereocenters. The lowest BCUT2D eigenvalue weighted by molar-refractivity contribution is 0.00293. The van der Waals surface area contributed by atoms with Gasteiger partial charge in [-0.2, -0.15) is 0 Å². The van der Waals surface area contributed by atoms with Crippen LogP contribution < -0.4 is 25.0 Å². The zero-order valence-electron chi connectivity index (χ0n) is 20.5. The van der Waals surface area contributed by atoms with Crippen molar-refractivity contribution in [2.24, 2.45) is 17.1 Å². The number of carbonyl (C=O) groups excluding carboxylic acids is 1. The zero-order chi connectivity index (χ0) is 24.0. The maximum atomic E-state index is 11.4. The summed E-state index contributed by atoms with van der Waals surface area (Å²) < 4.78 is 11.3. The van der Waals surface area contributed by atoms with E-state index in [1.165, 1.54) is 37.9 Å². The van der Waals surface area contributed by atoms with Crippen LogP contribution in [0.4, 0.5) is 11.4 Å². The molecule has 1 unspecified atom stereocenters. The topological polar surface area (TPSA) is 84.2 Å². The summed E-state index contributed by atoms with van der Waals surface area (Å²) in [5.41, 5.74) is 8.45. The summed E-state index contributed by atoms with van der Waals surface area (Å²) in [6.07, 6.45) is 5.32. The average Bonchev–Trinajstić information content (AvgIpc) is 2.87. The molecule has 3 fully saturated rings. The molecule has 2 saturated heterocycles. The number of rotatable bonds is 5. The maximum absolute atomic E-state index is 11.4. The van der Waals surface area contributed by atoms with Crippen LogP contribution in [0.2, 0.25) is 0 Å². The fourth-order valence-electron chi connectivity index (χ4n) is 6.73. The zero-order valence-corrected chi connectivity index (χ0v) is 20.5. The highest BCUT2D eigenvalue weighted by Gasteiger charge is 2.46. The molecule has 1 amide bonds. The molecule has 8 heteroatoms. The first-order chi connectivity index (χ1) is 17.0. The fraction of sp³-hybridized carbons (Fsp3) is 0.556. The summed E-state index contributed by atoms with van der Waals surface area (Å²) >= 11 is 0. The number of piperidine rings is 1. The Bertz CT molecular complexity index is 1090. The number of carbonyl (C=O) groups is 1. The Morgan fingerprint density at radius 1 is 1.17 bits per heavy atom. The quantitative estimate of drug-likeness (QED) is 0.709. The van der Waals surface area contributed by atoms with Crippen LogP contribution in [0.15, 0.2) is 36.4 Å². The third-order valence-corrected chi connectivity index (χ3v) is 8.58. The summed E-state index contributed by atoms with van der Waals surface area (Å²) in [5, 5.41) is 0. The standard InChI is InChI=1S/C27H35N5O3/c1-34-22-4-2-3-20(13-22)31-9-7-27(8-10-31)14-19(15-27)16-30-11-12-32-21(17-30)18-35-26-24(32)6-5-23(29-26)25(28)33/h2-6,13,19,21H,7-12,14-18H2,1H3,(H2,28,33). The summed E-state index contributed by atoms with van der Waals surface area (Å²) in [6, 6.07) is 12.4. The van der Waals surface area contributed by atoms with Gasteiger partial charge in [-0.3, -0.25) is 9.69 Å². The first-order valence-corrected chi connectivity index (χ1v) is 12.8. The minimum atomic E-state index is -0.521. The highest BCUT2D eigenvalue weighted by molar-refractivity contribution is 5.91. The normalized spacial score (nSPS) is 23.7. The van der Waals surface area contributed by atoms with Crippen molar-refractivity contribution in [1.82, 2.24) is 9.88 Å². The molecule has 4 aliphatic rings. The highest BCUT2D eigenvalue weighted by atomic mass is 16.5. The van der Waals surface area contributed by atoms with Gasteiger partial charge in [-0.1, -0.05) is 6.07 Å². The van der Waals surface area contributed by atoms with Gasteiger partial charge in [0.25, 0.3) is 5.91 Å². The molecule has 2 N–H and O–H groups in total. The van der Waals surface area contributed by atoms with Crippen LogP contribution in [0.5, 0.6) is 11.6 Å². The molecule has 0 radical (unpaired) electrons. The van der Waals surface area contributed by atoms with Crippen molar-refractivity contribution in [2.75, 3.05) is 62.8 Å². The van der Waals surface area contributed by atoms with Gasteiger partial charge in [0.15, 0.2) is 0 Å². The third kappa shape index (κ3) is 4.29. The van der Waals surface area contributed by atoms with Crippen LogP contribution in [0.3, 0.4) is 0 Å². The van der Waals surface area contributed by atoms with Gasteiger partial charge in [-0.15, -0.1) is 0 Å². The predicted octanol–water partition coefficient (Wildman–Crippen LogP) is 2.77. The van der Waals surface area contributed by atoms with E-state index in [9.17, 15) is 4.79 Å². The molecule has 1 aliphatic carbocycles. The summed E-state index contributed by atoms with van der Waals surface area (Å²) in [6.45, 7) is 7.12. The molecule has 186 valence electrons. The minimum absolute atomic E-state index is 0.258. The molecule has 1 saturated carbocycles. The second-order valence-electron chi connectivity index (χ2n) is 10.8. The van der Waals surface area contributed by atoms with E-state index >= 15 is 0 Å². The Balaban J connectivity index is 0.994. The van der Waals surface area contributed by atoms with Gasteiger partial charge in [0.05, 0.1) is 13.2 Å². The van der Waals surface area contributed by atoms with Gasteiger partial charge >= 0.3 is 0 Å². The van der Waals surface area contributed by atoms with Crippen LogP contribution in [0.1, 0.15) is 36.2 Å². The van der Waals surface area contributed by atoms with E-state index in [1.807, 2.05) is 12.1 Å². The smallest absolute Gasteiger partial charge is 0.267 e. The fourth-order valence-corrected chi connectivity index (χ4v) is 6.73. The molecule has 1 aromatic heterocycles. The lowest BCUT2D eigenvalue weighted by Crippen LogP contribution is -2.59. The van der Waals surface area contributed by atoms with Crippen molar-refractivity contribution in [3.63, 3.8) is 0 Å². The Morgan fingerprint density at radius 3 is 2.77 bits per heavy atom. The molecular formula is C27H35N5O3. The average molecular weight is 478 g/mol. The number of nitrogens with zero attached hydrogens (tertiary/aromatic N) is 4. The molecule has 0 bridgehead atoms. The van der Waals surface area contributed by atoms with Crippen LogP contribution in [-0.4, -0.2) is 74.8 Å².